The average molecular weight is 304 g/mol. The lowest BCUT2D eigenvalue weighted by Gasteiger charge is -2.21. The molecule has 2 atom stereocenters. The third-order valence-electron chi connectivity index (χ3n) is 3.61. The number of nitrogens with one attached hydrogen (secondary N) is 1. The summed E-state index contributed by atoms with van der Waals surface area (Å²) in [6.07, 6.45) is 0.911. The molecule has 0 bridgehead atoms. The normalized spacial score (nSPS) is 13.7. The van der Waals surface area contributed by atoms with Crippen LogP contribution in [0.3, 0.4) is 0 Å². The van der Waals surface area contributed by atoms with Crippen LogP contribution in [-0.2, 0) is 6.42 Å². The number of halogens is 1. The van der Waals surface area contributed by atoms with Crippen LogP contribution in [0.15, 0.2) is 48.5 Å². The van der Waals surface area contributed by atoms with Gasteiger partial charge in [0.15, 0.2) is 0 Å². The topological polar surface area (TPSA) is 21.3 Å². The monoisotopic (exact) mass is 303 g/mol. The Labute approximate surface area is 132 Å². The van der Waals surface area contributed by atoms with Gasteiger partial charge in [-0.05, 0) is 49.6 Å². The molecule has 0 heterocycles. The summed E-state index contributed by atoms with van der Waals surface area (Å²) in [6.45, 7) is 4.35. The fourth-order valence-electron chi connectivity index (χ4n) is 2.49. The zero-order valence-corrected chi connectivity index (χ0v) is 13.5. The van der Waals surface area contributed by atoms with Gasteiger partial charge in [0.25, 0.3) is 0 Å². The summed E-state index contributed by atoms with van der Waals surface area (Å²) >= 11 is 6.22. The van der Waals surface area contributed by atoms with Crippen molar-refractivity contribution in [3.8, 4) is 5.75 Å². The fourth-order valence-corrected chi connectivity index (χ4v) is 2.70. The molecular weight excluding hydrogens is 282 g/mol. The number of methoxy groups -OCH3 is 1. The zero-order chi connectivity index (χ0) is 15.2. The molecular formula is C18H22ClNO. The summed E-state index contributed by atoms with van der Waals surface area (Å²) in [6, 6.07) is 16.8. The quantitative estimate of drug-likeness (QED) is 0.840. The van der Waals surface area contributed by atoms with Crippen LogP contribution in [0.25, 0.3) is 0 Å². The molecule has 2 nitrogen and oxygen atoms in total. The van der Waals surface area contributed by atoms with Crippen molar-refractivity contribution in [1.82, 2.24) is 5.32 Å². The minimum absolute atomic E-state index is 0.262. The van der Waals surface area contributed by atoms with E-state index in [0.717, 1.165) is 17.2 Å². The number of ether oxygens (including phenoxy) is 1. The molecule has 2 aromatic carbocycles. The minimum Gasteiger partial charge on any atom is -0.497 e. The highest BCUT2D eigenvalue weighted by Gasteiger charge is 2.12. The Morgan fingerprint density at radius 2 is 1.86 bits per heavy atom. The van der Waals surface area contributed by atoms with E-state index >= 15 is 0 Å². The Hall–Kier alpha value is -1.51. The fraction of sp³-hybridized carbons (Fsp3) is 0.333. The summed E-state index contributed by atoms with van der Waals surface area (Å²) < 4.78 is 5.28. The molecule has 2 aromatic rings. The van der Waals surface area contributed by atoms with Gasteiger partial charge >= 0.3 is 0 Å². The molecule has 21 heavy (non-hydrogen) atoms. The first-order chi connectivity index (χ1) is 10.1. The Balaban J connectivity index is 1.98. The zero-order valence-electron chi connectivity index (χ0n) is 12.8. The van der Waals surface area contributed by atoms with Gasteiger partial charge in [-0.3, -0.25) is 0 Å². The van der Waals surface area contributed by atoms with Gasteiger partial charge < -0.3 is 10.1 Å². The SMILES string of the molecule is COc1cccc(C(C)N[C@H](C)Cc2ccccc2Cl)c1. The first-order valence-corrected chi connectivity index (χ1v) is 7.61. The molecule has 0 saturated carbocycles. The van der Waals surface area contributed by atoms with Gasteiger partial charge in [-0.1, -0.05) is 41.9 Å². The molecule has 0 aliphatic carbocycles. The lowest BCUT2D eigenvalue weighted by molar-refractivity contribution is 0.412. The van der Waals surface area contributed by atoms with Gasteiger partial charge in [-0.2, -0.15) is 0 Å². The average Bonchev–Trinajstić information content (AvgIpc) is 2.49. The van der Waals surface area contributed by atoms with Crippen molar-refractivity contribution in [2.75, 3.05) is 7.11 Å². The Bertz CT molecular complexity index is 585. The summed E-state index contributed by atoms with van der Waals surface area (Å²) in [5, 5.41) is 4.44. The molecule has 0 aromatic heterocycles. The largest absolute Gasteiger partial charge is 0.497 e. The van der Waals surface area contributed by atoms with Crippen LogP contribution in [0.2, 0.25) is 5.02 Å². The van der Waals surface area contributed by atoms with E-state index in [9.17, 15) is 0 Å². The highest BCUT2D eigenvalue weighted by Crippen LogP contribution is 2.21. The van der Waals surface area contributed by atoms with Crippen LogP contribution in [0.5, 0.6) is 5.75 Å². The first kappa shape index (κ1) is 15.9. The Morgan fingerprint density at radius 1 is 1.10 bits per heavy atom. The molecule has 0 fully saturated rings. The van der Waals surface area contributed by atoms with Crippen LogP contribution in [-0.4, -0.2) is 13.2 Å². The highest BCUT2D eigenvalue weighted by atomic mass is 35.5. The van der Waals surface area contributed by atoms with Crippen LogP contribution in [0, 0.1) is 0 Å². The van der Waals surface area contributed by atoms with Crippen molar-refractivity contribution in [3.05, 3.63) is 64.7 Å². The molecule has 112 valence electrons. The Kier molecular flexibility index (Phi) is 5.66. The van der Waals surface area contributed by atoms with Gasteiger partial charge in [0, 0.05) is 17.1 Å². The molecule has 1 unspecified atom stereocenters. The van der Waals surface area contributed by atoms with Gasteiger partial charge in [-0.25, -0.2) is 0 Å². The van der Waals surface area contributed by atoms with E-state index < -0.39 is 0 Å². The number of rotatable bonds is 6. The standard InChI is InChI=1S/C18H22ClNO/c1-13(11-16-7-4-5-10-18(16)19)20-14(2)15-8-6-9-17(12-15)21-3/h4-10,12-14,20H,11H2,1-3H3/t13-,14?/m1/s1. The van der Waals surface area contributed by atoms with Crippen molar-refractivity contribution in [1.29, 1.82) is 0 Å². The Morgan fingerprint density at radius 3 is 2.57 bits per heavy atom. The summed E-state index contributed by atoms with van der Waals surface area (Å²) in [4.78, 5) is 0. The molecule has 0 aliphatic rings. The summed E-state index contributed by atoms with van der Waals surface area (Å²) in [5.74, 6) is 0.889. The van der Waals surface area contributed by atoms with Crippen LogP contribution < -0.4 is 10.1 Å². The second-order valence-electron chi connectivity index (χ2n) is 5.36. The van der Waals surface area contributed by atoms with Crippen LogP contribution in [0.1, 0.15) is 31.0 Å². The van der Waals surface area contributed by atoms with Crippen LogP contribution in [0.4, 0.5) is 0 Å². The highest BCUT2D eigenvalue weighted by molar-refractivity contribution is 6.31. The van der Waals surface area contributed by atoms with E-state index in [1.54, 1.807) is 7.11 Å². The van der Waals surface area contributed by atoms with Crippen molar-refractivity contribution >= 4 is 11.6 Å². The maximum atomic E-state index is 6.22. The van der Waals surface area contributed by atoms with E-state index in [0.29, 0.717) is 6.04 Å². The molecule has 0 amide bonds. The predicted molar refractivity (Wildman–Crippen MR) is 89.2 cm³/mol. The van der Waals surface area contributed by atoms with E-state index in [4.69, 9.17) is 16.3 Å². The van der Waals surface area contributed by atoms with Gasteiger partial charge in [0.1, 0.15) is 5.75 Å². The third kappa shape index (κ3) is 4.48. The number of hydrogen-bond donors (Lipinski definition) is 1. The second-order valence-corrected chi connectivity index (χ2v) is 5.77. The minimum atomic E-state index is 0.262. The molecule has 3 heteroatoms. The maximum Gasteiger partial charge on any atom is 0.119 e. The maximum absolute atomic E-state index is 6.22. The van der Waals surface area contributed by atoms with Crippen molar-refractivity contribution < 1.29 is 4.74 Å². The van der Waals surface area contributed by atoms with E-state index in [1.807, 2.05) is 30.3 Å². The third-order valence-corrected chi connectivity index (χ3v) is 3.98. The molecule has 2 rings (SSSR count). The van der Waals surface area contributed by atoms with Gasteiger partial charge in [0.2, 0.25) is 0 Å². The molecule has 0 spiro atoms. The molecule has 0 aliphatic heterocycles. The van der Waals surface area contributed by atoms with Crippen molar-refractivity contribution in [2.45, 2.75) is 32.4 Å². The summed E-state index contributed by atoms with van der Waals surface area (Å²) in [7, 11) is 1.69. The van der Waals surface area contributed by atoms with Crippen LogP contribution >= 0.6 is 11.6 Å². The summed E-state index contributed by atoms with van der Waals surface area (Å²) in [5.41, 5.74) is 2.40. The smallest absolute Gasteiger partial charge is 0.119 e. The van der Waals surface area contributed by atoms with E-state index in [1.165, 1.54) is 11.1 Å². The molecule has 1 N–H and O–H groups in total. The van der Waals surface area contributed by atoms with Gasteiger partial charge in [-0.15, -0.1) is 0 Å². The predicted octanol–water partition coefficient (Wildman–Crippen LogP) is 4.63. The lowest BCUT2D eigenvalue weighted by atomic mass is 10.0. The number of benzene rings is 2. The molecule has 0 saturated heterocycles. The van der Waals surface area contributed by atoms with E-state index in [-0.39, 0.29) is 6.04 Å². The van der Waals surface area contributed by atoms with Crippen molar-refractivity contribution in [2.24, 2.45) is 0 Å². The molecule has 0 radical (unpaired) electrons. The first-order valence-electron chi connectivity index (χ1n) is 7.23. The van der Waals surface area contributed by atoms with Crippen molar-refractivity contribution in [3.63, 3.8) is 0 Å². The van der Waals surface area contributed by atoms with Gasteiger partial charge in [0.05, 0.1) is 7.11 Å². The number of hydrogen-bond acceptors (Lipinski definition) is 2. The lowest BCUT2D eigenvalue weighted by Crippen LogP contribution is -2.30. The van der Waals surface area contributed by atoms with E-state index in [2.05, 4.69) is 37.4 Å². The second kappa shape index (κ2) is 7.48.